The lowest BCUT2D eigenvalue weighted by atomic mass is 9.88. The van der Waals surface area contributed by atoms with E-state index in [4.69, 9.17) is 4.74 Å². The number of rotatable bonds is 5. The fraction of sp³-hybridized carbons (Fsp3) is 0.435. The van der Waals surface area contributed by atoms with E-state index in [-0.39, 0.29) is 13.2 Å². The van der Waals surface area contributed by atoms with E-state index in [2.05, 4.69) is 0 Å². The fourth-order valence-corrected chi connectivity index (χ4v) is 3.78. The third kappa shape index (κ3) is 5.62. The second-order valence-electron chi connectivity index (χ2n) is 8.12. The summed E-state index contributed by atoms with van der Waals surface area (Å²) in [5.41, 5.74) is -1.43. The van der Waals surface area contributed by atoms with Gasteiger partial charge in [0.25, 0.3) is 0 Å². The first kappa shape index (κ1) is 24.1. The quantitative estimate of drug-likeness (QED) is 0.393. The van der Waals surface area contributed by atoms with Gasteiger partial charge < -0.3 is 4.74 Å². The molecule has 1 unspecified atom stereocenters. The molecule has 0 aromatic heterocycles. The molecule has 1 aliphatic heterocycles. The number of halogens is 6. The van der Waals surface area contributed by atoms with E-state index in [0.29, 0.717) is 24.1 Å². The van der Waals surface area contributed by atoms with Gasteiger partial charge in [-0.05, 0) is 68.1 Å². The molecule has 0 spiro atoms. The van der Waals surface area contributed by atoms with E-state index in [1.807, 2.05) is 4.90 Å². The number of hydrogen-bond donors (Lipinski definition) is 0. The molecule has 1 aliphatic rings. The van der Waals surface area contributed by atoms with Gasteiger partial charge in [0.1, 0.15) is 12.1 Å². The van der Waals surface area contributed by atoms with Crippen LogP contribution in [0.2, 0.25) is 0 Å². The highest BCUT2D eigenvalue weighted by Gasteiger charge is 2.42. The Morgan fingerprint density at radius 2 is 1.38 bits per heavy atom. The molecule has 9 heteroatoms. The second-order valence-corrected chi connectivity index (χ2v) is 8.12. The number of piperidine rings is 1. The average molecular weight is 459 g/mol. The van der Waals surface area contributed by atoms with Crippen LogP contribution in [0.5, 0.6) is 0 Å². The Balaban J connectivity index is 1.66. The van der Waals surface area contributed by atoms with Crippen LogP contribution in [0.1, 0.15) is 48.4 Å². The monoisotopic (exact) mass is 459 g/mol. The van der Waals surface area contributed by atoms with Gasteiger partial charge in [0.15, 0.2) is 0 Å². The molecular weight excluding hydrogens is 436 g/mol. The largest absolute Gasteiger partial charge is 0.459 e. The van der Waals surface area contributed by atoms with Gasteiger partial charge in [-0.15, -0.1) is 0 Å². The molecule has 1 fully saturated rings. The van der Waals surface area contributed by atoms with Gasteiger partial charge in [0, 0.05) is 6.54 Å². The highest BCUT2D eigenvalue weighted by molar-refractivity contribution is 5.80. The number of carbonyl (C=O) groups is 1. The third-order valence-corrected chi connectivity index (χ3v) is 5.79. The van der Waals surface area contributed by atoms with E-state index in [1.54, 1.807) is 6.92 Å². The van der Waals surface area contributed by atoms with Gasteiger partial charge in [-0.2, -0.15) is 26.3 Å². The van der Waals surface area contributed by atoms with Crippen LogP contribution in [0.15, 0.2) is 48.5 Å². The standard InChI is InChI=1S/C23H23F6NO2/c1-21(20(31)32-15-17-6-10-19(11-7-17)23(27,28)29)12-2-3-13-30(21)14-16-4-8-18(9-5-16)22(24,25)26/h4-11H,2-3,12-15H2,1H3. The Kier molecular flexibility index (Phi) is 6.88. The topological polar surface area (TPSA) is 29.5 Å². The van der Waals surface area contributed by atoms with Gasteiger partial charge in [-0.25, -0.2) is 0 Å². The number of hydrogen-bond acceptors (Lipinski definition) is 3. The maximum atomic E-state index is 12.9. The van der Waals surface area contributed by atoms with Crippen molar-refractivity contribution >= 4 is 5.97 Å². The van der Waals surface area contributed by atoms with Gasteiger partial charge in [-0.3, -0.25) is 9.69 Å². The van der Waals surface area contributed by atoms with Crippen LogP contribution in [0.4, 0.5) is 26.3 Å². The Labute approximate surface area is 182 Å². The molecular formula is C23H23F6NO2. The molecule has 3 rings (SSSR count). The Morgan fingerprint density at radius 1 is 0.875 bits per heavy atom. The fourth-order valence-electron chi connectivity index (χ4n) is 3.78. The summed E-state index contributed by atoms with van der Waals surface area (Å²) in [4.78, 5) is 14.8. The number of carbonyl (C=O) groups excluding carboxylic acids is 1. The molecule has 1 saturated heterocycles. The predicted molar refractivity (Wildman–Crippen MR) is 105 cm³/mol. The minimum Gasteiger partial charge on any atom is -0.459 e. The van der Waals surface area contributed by atoms with E-state index < -0.39 is 35.0 Å². The van der Waals surface area contributed by atoms with Crippen molar-refractivity contribution in [1.82, 2.24) is 4.90 Å². The lowest BCUT2D eigenvalue weighted by molar-refractivity contribution is -0.162. The summed E-state index contributed by atoms with van der Waals surface area (Å²) in [5.74, 6) is -0.510. The molecule has 174 valence electrons. The maximum Gasteiger partial charge on any atom is 0.416 e. The minimum atomic E-state index is -4.44. The van der Waals surface area contributed by atoms with Crippen molar-refractivity contribution < 1.29 is 35.9 Å². The molecule has 0 amide bonds. The number of benzene rings is 2. The zero-order chi connectivity index (χ0) is 23.6. The highest BCUT2D eigenvalue weighted by Crippen LogP contribution is 2.33. The summed E-state index contributed by atoms with van der Waals surface area (Å²) in [7, 11) is 0. The van der Waals surface area contributed by atoms with Crippen LogP contribution >= 0.6 is 0 Å². The van der Waals surface area contributed by atoms with Crippen molar-refractivity contribution in [2.75, 3.05) is 6.54 Å². The predicted octanol–water partition coefficient (Wildman–Crippen LogP) is 6.21. The minimum absolute atomic E-state index is 0.166. The first-order chi connectivity index (χ1) is 14.9. The summed E-state index contributed by atoms with van der Waals surface area (Å²) in [6.45, 7) is 2.42. The normalized spacial score (nSPS) is 20.2. The molecule has 3 nitrogen and oxygen atoms in total. The number of alkyl halides is 6. The molecule has 0 N–H and O–H groups in total. The SMILES string of the molecule is CC1(C(=O)OCc2ccc(C(F)(F)F)cc2)CCCCN1Cc1ccc(C(F)(F)F)cc1. The van der Waals surface area contributed by atoms with E-state index in [1.165, 1.54) is 24.3 Å². The van der Waals surface area contributed by atoms with E-state index in [9.17, 15) is 31.1 Å². The van der Waals surface area contributed by atoms with Crippen molar-refractivity contribution in [3.05, 3.63) is 70.8 Å². The summed E-state index contributed by atoms with van der Waals surface area (Å²) in [5, 5.41) is 0. The molecule has 0 aliphatic carbocycles. The number of esters is 1. The van der Waals surface area contributed by atoms with Gasteiger partial charge >= 0.3 is 18.3 Å². The van der Waals surface area contributed by atoms with Crippen LogP contribution in [-0.2, 0) is 35.0 Å². The average Bonchev–Trinajstić information content (AvgIpc) is 2.73. The Morgan fingerprint density at radius 3 is 1.88 bits per heavy atom. The first-order valence-electron chi connectivity index (χ1n) is 10.1. The molecule has 0 saturated carbocycles. The van der Waals surface area contributed by atoms with Gasteiger partial charge in [0.2, 0.25) is 0 Å². The van der Waals surface area contributed by atoms with Crippen molar-refractivity contribution in [2.24, 2.45) is 0 Å². The lowest BCUT2D eigenvalue weighted by Crippen LogP contribution is -2.55. The number of nitrogens with zero attached hydrogens (tertiary/aromatic N) is 1. The van der Waals surface area contributed by atoms with Crippen LogP contribution in [0, 0.1) is 0 Å². The second kappa shape index (κ2) is 9.13. The van der Waals surface area contributed by atoms with E-state index >= 15 is 0 Å². The molecule has 0 radical (unpaired) electrons. The lowest BCUT2D eigenvalue weighted by Gasteiger charge is -2.42. The van der Waals surface area contributed by atoms with Crippen molar-refractivity contribution in [2.45, 2.75) is 57.2 Å². The molecule has 1 heterocycles. The van der Waals surface area contributed by atoms with E-state index in [0.717, 1.165) is 37.1 Å². The highest BCUT2D eigenvalue weighted by atomic mass is 19.4. The van der Waals surface area contributed by atoms with Gasteiger partial charge in [0.05, 0.1) is 11.1 Å². The van der Waals surface area contributed by atoms with Crippen molar-refractivity contribution in [3.8, 4) is 0 Å². The zero-order valence-corrected chi connectivity index (χ0v) is 17.4. The smallest absolute Gasteiger partial charge is 0.416 e. The van der Waals surface area contributed by atoms with Crippen LogP contribution in [0.3, 0.4) is 0 Å². The Bertz CT molecular complexity index is 921. The maximum absolute atomic E-state index is 12.9. The summed E-state index contributed by atoms with van der Waals surface area (Å²) in [6.07, 6.45) is -6.72. The van der Waals surface area contributed by atoms with Crippen LogP contribution < -0.4 is 0 Å². The third-order valence-electron chi connectivity index (χ3n) is 5.79. The van der Waals surface area contributed by atoms with Gasteiger partial charge in [-0.1, -0.05) is 24.3 Å². The van der Waals surface area contributed by atoms with Crippen molar-refractivity contribution in [1.29, 1.82) is 0 Å². The zero-order valence-electron chi connectivity index (χ0n) is 17.4. The molecule has 1 atom stereocenters. The number of ether oxygens (including phenoxy) is 1. The number of likely N-dealkylation sites (tertiary alicyclic amines) is 1. The Hall–Kier alpha value is -2.55. The molecule has 2 aromatic carbocycles. The molecule has 0 bridgehead atoms. The van der Waals surface area contributed by atoms with Crippen LogP contribution in [-0.4, -0.2) is 23.0 Å². The summed E-state index contributed by atoms with van der Waals surface area (Å²) in [6, 6.07) is 9.21. The van der Waals surface area contributed by atoms with Crippen molar-refractivity contribution in [3.63, 3.8) is 0 Å². The summed E-state index contributed by atoms with van der Waals surface area (Å²) < 4.78 is 81.8. The first-order valence-corrected chi connectivity index (χ1v) is 10.1. The van der Waals surface area contributed by atoms with Crippen LogP contribution in [0.25, 0.3) is 0 Å². The summed E-state index contributed by atoms with van der Waals surface area (Å²) >= 11 is 0. The molecule has 32 heavy (non-hydrogen) atoms. The molecule has 2 aromatic rings.